The Hall–Kier alpha value is -2.76. The highest BCUT2D eigenvalue weighted by Crippen LogP contribution is 2.35. The Kier molecular flexibility index (Phi) is 4.42. The fourth-order valence-corrected chi connectivity index (χ4v) is 3.45. The Balaban J connectivity index is 1.88. The number of fused-ring (bicyclic) bond motifs is 1. The lowest BCUT2D eigenvalue weighted by atomic mass is 10.0. The summed E-state index contributed by atoms with van der Waals surface area (Å²) in [6, 6.07) is 13.4. The molecule has 0 unspecified atom stereocenters. The van der Waals surface area contributed by atoms with Gasteiger partial charge in [-0.1, -0.05) is 35.9 Å². The molecule has 140 valence electrons. The number of aromatic nitrogens is 2. The predicted octanol–water partition coefficient (Wildman–Crippen LogP) is 5.61. The molecule has 0 saturated carbocycles. The van der Waals surface area contributed by atoms with Gasteiger partial charge in [-0.05, 0) is 44.4 Å². The number of rotatable bonds is 2. The van der Waals surface area contributed by atoms with Gasteiger partial charge in [0.15, 0.2) is 0 Å². The lowest BCUT2D eigenvalue weighted by Crippen LogP contribution is -2.09. The molecule has 0 fully saturated rings. The molecule has 0 spiro atoms. The number of nitrogens with zero attached hydrogens (tertiary/aromatic N) is 2. The van der Waals surface area contributed by atoms with Crippen molar-refractivity contribution in [2.45, 2.75) is 32.4 Å². The molecular weight excluding hydrogens is 351 g/mol. The first-order valence-corrected chi connectivity index (χ1v) is 9.04. The Morgan fingerprint density at radius 1 is 1.04 bits per heavy atom. The maximum atomic E-state index is 13.2. The van der Waals surface area contributed by atoms with Crippen molar-refractivity contribution in [2.75, 3.05) is 11.9 Å². The average molecular weight is 371 g/mol. The van der Waals surface area contributed by atoms with Crippen LogP contribution in [0.4, 0.5) is 19.0 Å². The topological polar surface area (TPSA) is 29.9 Å². The maximum Gasteiger partial charge on any atom is 0.416 e. The molecule has 2 aromatic carbocycles. The number of hydrogen-bond acceptors (Lipinski definition) is 2. The number of alkyl halides is 3. The Bertz CT molecular complexity index is 956. The molecule has 6 heteroatoms. The molecule has 0 bridgehead atoms. The SMILES string of the molecule is Cc1ccc(-c2nn(-c3cccc(C(F)(F)F)c3)c3c2CCCCN3)cc1. The van der Waals surface area contributed by atoms with Crippen molar-refractivity contribution in [3.05, 3.63) is 65.2 Å². The molecule has 0 atom stereocenters. The largest absolute Gasteiger partial charge is 0.416 e. The highest BCUT2D eigenvalue weighted by molar-refractivity contribution is 5.71. The van der Waals surface area contributed by atoms with Gasteiger partial charge in [-0.3, -0.25) is 0 Å². The smallest absolute Gasteiger partial charge is 0.370 e. The van der Waals surface area contributed by atoms with Gasteiger partial charge in [0, 0.05) is 17.7 Å². The van der Waals surface area contributed by atoms with Gasteiger partial charge in [0.25, 0.3) is 0 Å². The Morgan fingerprint density at radius 3 is 2.56 bits per heavy atom. The van der Waals surface area contributed by atoms with Gasteiger partial charge in [0.1, 0.15) is 5.82 Å². The molecule has 27 heavy (non-hydrogen) atoms. The highest BCUT2D eigenvalue weighted by atomic mass is 19.4. The van der Waals surface area contributed by atoms with Crippen LogP contribution < -0.4 is 5.32 Å². The fraction of sp³-hybridized carbons (Fsp3) is 0.286. The molecule has 1 aromatic heterocycles. The molecular formula is C21H20F3N3. The van der Waals surface area contributed by atoms with E-state index in [-0.39, 0.29) is 0 Å². The fourth-order valence-electron chi connectivity index (χ4n) is 3.45. The van der Waals surface area contributed by atoms with E-state index >= 15 is 0 Å². The standard InChI is InChI=1S/C21H20F3N3/c1-14-8-10-15(11-9-14)19-18-7-2-3-12-25-20(18)27(26-19)17-6-4-5-16(13-17)21(22,23)24/h4-6,8-11,13,25H,2-3,7,12H2,1H3. The minimum atomic E-state index is -4.38. The zero-order valence-corrected chi connectivity index (χ0v) is 15.0. The summed E-state index contributed by atoms with van der Waals surface area (Å²) in [6.07, 6.45) is -1.49. The van der Waals surface area contributed by atoms with Gasteiger partial charge in [0.05, 0.1) is 16.9 Å². The van der Waals surface area contributed by atoms with Crippen molar-refractivity contribution < 1.29 is 13.2 Å². The van der Waals surface area contributed by atoms with E-state index in [0.717, 1.165) is 66.1 Å². The van der Waals surface area contributed by atoms with Crippen LogP contribution in [0.3, 0.4) is 0 Å². The third-order valence-corrected chi connectivity index (χ3v) is 4.87. The summed E-state index contributed by atoms with van der Waals surface area (Å²) in [6.45, 7) is 2.80. The zero-order valence-electron chi connectivity index (χ0n) is 15.0. The molecule has 0 amide bonds. The van der Waals surface area contributed by atoms with Crippen molar-refractivity contribution in [3.63, 3.8) is 0 Å². The van der Waals surface area contributed by atoms with Crippen LogP contribution in [0, 0.1) is 6.92 Å². The van der Waals surface area contributed by atoms with Crippen LogP contribution >= 0.6 is 0 Å². The van der Waals surface area contributed by atoms with Crippen molar-refractivity contribution in [3.8, 4) is 16.9 Å². The third kappa shape index (κ3) is 3.44. The van der Waals surface area contributed by atoms with Gasteiger partial charge < -0.3 is 5.32 Å². The summed E-state index contributed by atoms with van der Waals surface area (Å²) in [5, 5.41) is 8.08. The number of benzene rings is 2. The number of hydrogen-bond donors (Lipinski definition) is 1. The van der Waals surface area contributed by atoms with Crippen molar-refractivity contribution in [1.29, 1.82) is 0 Å². The van der Waals surface area contributed by atoms with Crippen LogP contribution in [0.15, 0.2) is 48.5 Å². The minimum absolute atomic E-state index is 0.411. The van der Waals surface area contributed by atoms with Gasteiger partial charge in [-0.15, -0.1) is 0 Å². The van der Waals surface area contributed by atoms with E-state index in [0.29, 0.717) is 5.69 Å². The van der Waals surface area contributed by atoms with Crippen LogP contribution in [0.2, 0.25) is 0 Å². The van der Waals surface area contributed by atoms with Crippen LogP contribution in [-0.4, -0.2) is 16.3 Å². The summed E-state index contributed by atoms with van der Waals surface area (Å²) < 4.78 is 41.1. The number of anilines is 1. The van der Waals surface area contributed by atoms with Crippen molar-refractivity contribution in [2.24, 2.45) is 0 Å². The number of nitrogens with one attached hydrogen (secondary N) is 1. The van der Waals surface area contributed by atoms with Gasteiger partial charge in [-0.25, -0.2) is 4.68 Å². The molecule has 0 radical (unpaired) electrons. The third-order valence-electron chi connectivity index (χ3n) is 4.87. The second kappa shape index (κ2) is 6.76. The summed E-state index contributed by atoms with van der Waals surface area (Å²) >= 11 is 0. The van der Waals surface area contributed by atoms with E-state index in [1.165, 1.54) is 6.07 Å². The quantitative estimate of drug-likeness (QED) is 0.634. The normalized spacial score (nSPS) is 14.4. The number of aryl methyl sites for hydroxylation is 1. The second-order valence-electron chi connectivity index (χ2n) is 6.89. The first-order valence-electron chi connectivity index (χ1n) is 9.04. The zero-order chi connectivity index (χ0) is 19.0. The van der Waals surface area contributed by atoms with E-state index in [1.807, 2.05) is 31.2 Å². The van der Waals surface area contributed by atoms with E-state index in [9.17, 15) is 13.2 Å². The lowest BCUT2D eigenvalue weighted by molar-refractivity contribution is -0.137. The second-order valence-corrected chi connectivity index (χ2v) is 6.89. The van der Waals surface area contributed by atoms with Crippen LogP contribution in [0.5, 0.6) is 0 Å². The average Bonchev–Trinajstić information content (AvgIpc) is 2.83. The highest BCUT2D eigenvalue weighted by Gasteiger charge is 2.31. The van der Waals surface area contributed by atoms with E-state index in [4.69, 9.17) is 5.10 Å². The van der Waals surface area contributed by atoms with Crippen molar-refractivity contribution >= 4 is 5.82 Å². The summed E-state index contributed by atoms with van der Waals surface area (Å²) in [5.74, 6) is 0.794. The Labute approximate surface area is 155 Å². The summed E-state index contributed by atoms with van der Waals surface area (Å²) in [4.78, 5) is 0. The first kappa shape index (κ1) is 17.6. The van der Waals surface area contributed by atoms with Crippen molar-refractivity contribution in [1.82, 2.24) is 9.78 Å². The maximum absolute atomic E-state index is 13.2. The van der Waals surface area contributed by atoms with E-state index in [2.05, 4.69) is 5.32 Å². The van der Waals surface area contributed by atoms with Crippen LogP contribution in [0.25, 0.3) is 16.9 Å². The first-order chi connectivity index (χ1) is 12.9. The summed E-state index contributed by atoms with van der Waals surface area (Å²) in [7, 11) is 0. The van der Waals surface area contributed by atoms with E-state index in [1.54, 1.807) is 10.7 Å². The molecule has 1 N–H and O–H groups in total. The number of halogens is 3. The molecule has 0 saturated heterocycles. The lowest BCUT2D eigenvalue weighted by Gasteiger charge is -2.12. The van der Waals surface area contributed by atoms with Gasteiger partial charge in [-0.2, -0.15) is 18.3 Å². The predicted molar refractivity (Wildman–Crippen MR) is 100 cm³/mol. The molecule has 2 heterocycles. The van der Waals surface area contributed by atoms with Gasteiger partial charge >= 0.3 is 6.18 Å². The van der Waals surface area contributed by atoms with Gasteiger partial charge in [0.2, 0.25) is 0 Å². The molecule has 4 rings (SSSR count). The molecule has 0 aliphatic carbocycles. The minimum Gasteiger partial charge on any atom is -0.370 e. The molecule has 3 nitrogen and oxygen atoms in total. The Morgan fingerprint density at radius 2 is 1.81 bits per heavy atom. The van der Waals surface area contributed by atoms with Crippen LogP contribution in [0.1, 0.15) is 29.5 Å². The molecule has 1 aliphatic heterocycles. The molecule has 3 aromatic rings. The monoisotopic (exact) mass is 371 g/mol. The van der Waals surface area contributed by atoms with E-state index < -0.39 is 11.7 Å². The molecule has 1 aliphatic rings. The van der Waals surface area contributed by atoms with Crippen LogP contribution in [-0.2, 0) is 12.6 Å². The summed E-state index contributed by atoms with van der Waals surface area (Å²) in [5.41, 5.74) is 3.76.